The summed E-state index contributed by atoms with van der Waals surface area (Å²) < 4.78 is 0. The maximum Gasteiger partial charge on any atom is 0.242 e. The molecule has 3 nitrogen and oxygen atoms in total. The van der Waals surface area contributed by atoms with Gasteiger partial charge in [-0.05, 0) is 18.4 Å². The molecule has 0 aromatic heterocycles. The van der Waals surface area contributed by atoms with E-state index >= 15 is 0 Å². The molecule has 1 atom stereocenters. The van der Waals surface area contributed by atoms with Crippen LogP contribution in [0.15, 0.2) is 30.3 Å². The van der Waals surface area contributed by atoms with Gasteiger partial charge in [0.1, 0.15) is 5.38 Å². The summed E-state index contributed by atoms with van der Waals surface area (Å²) >= 11 is 6.08. The summed E-state index contributed by atoms with van der Waals surface area (Å²) in [5.74, 6) is -0.275. The fourth-order valence-electron chi connectivity index (χ4n) is 1.61. The van der Waals surface area contributed by atoms with Crippen LogP contribution in [0.25, 0.3) is 0 Å². The Bertz CT molecular complexity index is 377. The van der Waals surface area contributed by atoms with Gasteiger partial charge < -0.3 is 10.4 Å². The maximum absolute atomic E-state index is 11.9. The minimum Gasteiger partial charge on any atom is -0.388 e. The Morgan fingerprint density at radius 1 is 1.33 bits per heavy atom. The van der Waals surface area contributed by atoms with E-state index in [1.807, 2.05) is 44.2 Å². The van der Waals surface area contributed by atoms with Gasteiger partial charge in [-0.15, -0.1) is 11.6 Å². The molecule has 0 radical (unpaired) electrons. The average molecular weight is 270 g/mol. The van der Waals surface area contributed by atoms with E-state index in [9.17, 15) is 9.90 Å². The SMILES string of the molecule is CCC(O)(CC)CNC(=O)C(Cl)c1ccccc1. The van der Waals surface area contributed by atoms with Crippen molar-refractivity contribution < 1.29 is 9.90 Å². The molecule has 0 spiro atoms. The van der Waals surface area contributed by atoms with Crippen LogP contribution in [0.5, 0.6) is 0 Å². The predicted octanol–water partition coefficient (Wildman–Crippen LogP) is 2.63. The largest absolute Gasteiger partial charge is 0.388 e. The topological polar surface area (TPSA) is 49.3 Å². The summed E-state index contributed by atoms with van der Waals surface area (Å²) in [7, 11) is 0. The Hall–Kier alpha value is -1.06. The molecule has 4 heteroatoms. The van der Waals surface area contributed by atoms with Crippen LogP contribution in [0, 0.1) is 0 Å². The number of alkyl halides is 1. The zero-order valence-corrected chi connectivity index (χ0v) is 11.6. The van der Waals surface area contributed by atoms with Crippen LogP contribution in [0.3, 0.4) is 0 Å². The lowest BCUT2D eigenvalue weighted by Crippen LogP contribution is -2.43. The highest BCUT2D eigenvalue weighted by molar-refractivity contribution is 6.30. The molecule has 1 aromatic rings. The first-order valence-electron chi connectivity index (χ1n) is 6.21. The molecular weight excluding hydrogens is 250 g/mol. The summed E-state index contributed by atoms with van der Waals surface area (Å²) in [5, 5.41) is 12.1. The maximum atomic E-state index is 11.9. The molecule has 0 saturated carbocycles. The first-order valence-corrected chi connectivity index (χ1v) is 6.65. The second kappa shape index (κ2) is 6.76. The van der Waals surface area contributed by atoms with E-state index in [1.54, 1.807) is 0 Å². The van der Waals surface area contributed by atoms with E-state index in [-0.39, 0.29) is 12.5 Å². The predicted molar refractivity (Wildman–Crippen MR) is 73.6 cm³/mol. The molecule has 0 aliphatic heterocycles. The minimum absolute atomic E-state index is 0.231. The molecule has 1 unspecified atom stereocenters. The molecule has 1 amide bonds. The second-order valence-electron chi connectivity index (χ2n) is 4.42. The van der Waals surface area contributed by atoms with Gasteiger partial charge in [0.25, 0.3) is 0 Å². The zero-order valence-electron chi connectivity index (χ0n) is 10.8. The summed E-state index contributed by atoms with van der Waals surface area (Å²) in [4.78, 5) is 11.9. The van der Waals surface area contributed by atoms with Crippen molar-refractivity contribution in [3.8, 4) is 0 Å². The molecular formula is C14H20ClNO2. The van der Waals surface area contributed by atoms with Crippen LogP contribution in [-0.2, 0) is 4.79 Å². The number of hydrogen-bond acceptors (Lipinski definition) is 2. The number of nitrogens with one attached hydrogen (secondary N) is 1. The van der Waals surface area contributed by atoms with Gasteiger partial charge in [-0.25, -0.2) is 0 Å². The smallest absolute Gasteiger partial charge is 0.242 e. The first kappa shape index (κ1) is 15.0. The average Bonchev–Trinajstić information content (AvgIpc) is 2.44. The molecule has 0 fully saturated rings. The highest BCUT2D eigenvalue weighted by Gasteiger charge is 2.25. The van der Waals surface area contributed by atoms with Gasteiger partial charge in [0, 0.05) is 6.54 Å². The number of aliphatic hydroxyl groups is 1. The normalized spacial score (nSPS) is 13.1. The first-order chi connectivity index (χ1) is 8.52. The Kier molecular flexibility index (Phi) is 5.63. The van der Waals surface area contributed by atoms with E-state index in [0.29, 0.717) is 12.8 Å². The van der Waals surface area contributed by atoms with Gasteiger partial charge >= 0.3 is 0 Å². The van der Waals surface area contributed by atoms with Crippen LogP contribution in [-0.4, -0.2) is 23.2 Å². The Labute approximate surface area is 113 Å². The lowest BCUT2D eigenvalue weighted by Gasteiger charge is -2.26. The molecule has 0 heterocycles. The van der Waals surface area contributed by atoms with Crippen molar-refractivity contribution in [3.05, 3.63) is 35.9 Å². The third-order valence-electron chi connectivity index (χ3n) is 3.23. The zero-order chi connectivity index (χ0) is 13.6. The lowest BCUT2D eigenvalue weighted by molar-refractivity contribution is -0.122. The number of hydrogen-bond donors (Lipinski definition) is 2. The summed E-state index contributed by atoms with van der Waals surface area (Å²) in [6.07, 6.45) is 1.20. The summed E-state index contributed by atoms with van der Waals surface area (Å²) in [6.45, 7) is 4.02. The Balaban J connectivity index is 2.56. The number of amides is 1. The van der Waals surface area contributed by atoms with Crippen LogP contribution in [0.2, 0.25) is 0 Å². The molecule has 1 aromatic carbocycles. The van der Waals surface area contributed by atoms with Crippen LogP contribution < -0.4 is 5.32 Å². The molecule has 0 saturated heterocycles. The van der Waals surface area contributed by atoms with Crippen molar-refractivity contribution in [2.45, 2.75) is 37.7 Å². The fourth-order valence-corrected chi connectivity index (χ4v) is 1.84. The van der Waals surface area contributed by atoms with Crippen molar-refractivity contribution >= 4 is 17.5 Å². The van der Waals surface area contributed by atoms with Gasteiger partial charge in [0.15, 0.2) is 0 Å². The molecule has 0 bridgehead atoms. The number of carbonyl (C=O) groups is 1. The highest BCUT2D eigenvalue weighted by atomic mass is 35.5. The molecule has 18 heavy (non-hydrogen) atoms. The number of rotatable bonds is 6. The molecule has 0 aliphatic carbocycles. The Morgan fingerprint density at radius 3 is 2.39 bits per heavy atom. The monoisotopic (exact) mass is 269 g/mol. The van der Waals surface area contributed by atoms with Crippen molar-refractivity contribution in [1.29, 1.82) is 0 Å². The molecule has 100 valence electrons. The molecule has 2 N–H and O–H groups in total. The number of carbonyl (C=O) groups excluding carboxylic acids is 1. The van der Waals surface area contributed by atoms with Gasteiger partial charge in [-0.2, -0.15) is 0 Å². The molecule has 1 rings (SSSR count). The minimum atomic E-state index is -0.844. The van der Waals surface area contributed by atoms with E-state index in [1.165, 1.54) is 0 Å². The van der Waals surface area contributed by atoms with E-state index < -0.39 is 11.0 Å². The molecule has 0 aliphatic rings. The quantitative estimate of drug-likeness (QED) is 0.780. The van der Waals surface area contributed by atoms with Gasteiger partial charge in [-0.3, -0.25) is 4.79 Å². The summed E-state index contributed by atoms with van der Waals surface area (Å²) in [5.41, 5.74) is -0.0867. The Morgan fingerprint density at radius 2 is 1.89 bits per heavy atom. The van der Waals surface area contributed by atoms with E-state index in [2.05, 4.69) is 5.32 Å². The number of halogens is 1. The van der Waals surface area contributed by atoms with Crippen molar-refractivity contribution in [2.24, 2.45) is 0 Å². The lowest BCUT2D eigenvalue weighted by atomic mass is 9.97. The van der Waals surface area contributed by atoms with Gasteiger partial charge in [0.05, 0.1) is 5.60 Å². The van der Waals surface area contributed by atoms with Gasteiger partial charge in [0.2, 0.25) is 5.91 Å². The third-order valence-corrected chi connectivity index (χ3v) is 3.68. The van der Waals surface area contributed by atoms with Crippen LogP contribution >= 0.6 is 11.6 Å². The van der Waals surface area contributed by atoms with E-state index in [0.717, 1.165) is 5.56 Å². The van der Waals surface area contributed by atoms with Gasteiger partial charge in [-0.1, -0.05) is 44.2 Å². The van der Waals surface area contributed by atoms with Crippen molar-refractivity contribution in [1.82, 2.24) is 5.32 Å². The highest BCUT2D eigenvalue weighted by Crippen LogP contribution is 2.20. The standard InChI is InChI=1S/C14H20ClNO2/c1-3-14(18,4-2)10-16-13(17)12(15)11-8-6-5-7-9-11/h5-9,12,18H,3-4,10H2,1-2H3,(H,16,17). The summed E-state index contributed by atoms with van der Waals surface area (Å²) in [6, 6.07) is 9.17. The number of benzene rings is 1. The third kappa shape index (κ3) is 4.00. The van der Waals surface area contributed by atoms with Crippen LogP contribution in [0.1, 0.15) is 37.6 Å². The fraction of sp³-hybridized carbons (Fsp3) is 0.500. The van der Waals surface area contributed by atoms with Crippen molar-refractivity contribution in [2.75, 3.05) is 6.54 Å². The van der Waals surface area contributed by atoms with Crippen LogP contribution in [0.4, 0.5) is 0 Å². The van der Waals surface area contributed by atoms with E-state index in [4.69, 9.17) is 11.6 Å². The van der Waals surface area contributed by atoms with Crippen molar-refractivity contribution in [3.63, 3.8) is 0 Å². The second-order valence-corrected chi connectivity index (χ2v) is 4.86.